The molecule has 172 valence electrons. The van der Waals surface area contributed by atoms with Crippen molar-refractivity contribution in [3.63, 3.8) is 0 Å². The zero-order valence-corrected chi connectivity index (χ0v) is 19.5. The first-order chi connectivity index (χ1) is 15.8. The molecule has 1 N–H and O–H groups in total. The van der Waals surface area contributed by atoms with Crippen molar-refractivity contribution >= 4 is 33.2 Å². The Morgan fingerprint density at radius 1 is 1.06 bits per heavy atom. The van der Waals surface area contributed by atoms with Gasteiger partial charge in [0.15, 0.2) is 11.5 Å². The zero-order chi connectivity index (χ0) is 23.4. The van der Waals surface area contributed by atoms with Crippen LogP contribution < -0.4 is 19.1 Å². The van der Waals surface area contributed by atoms with Gasteiger partial charge in [-0.3, -0.25) is 9.10 Å². The largest absolute Gasteiger partial charge is 0.486 e. The van der Waals surface area contributed by atoms with Gasteiger partial charge < -0.3 is 14.8 Å². The van der Waals surface area contributed by atoms with Crippen LogP contribution in [-0.2, 0) is 14.8 Å². The highest BCUT2D eigenvalue weighted by Gasteiger charge is 2.29. The van der Waals surface area contributed by atoms with Gasteiger partial charge in [-0.2, -0.15) is 0 Å². The number of amides is 1. The van der Waals surface area contributed by atoms with E-state index in [1.54, 1.807) is 49.4 Å². The maximum absolute atomic E-state index is 13.4. The number of aryl methyl sites for hydroxylation is 1. The second-order valence-corrected chi connectivity index (χ2v) is 9.86. The standard InChI is InChI=1S/C24H23ClN2O5S/c1-17-13-18(25)11-12-21(17)27(33(29,30)20-7-3-2-4-8-20)15-24(28)26-14-19-16-31-22-9-5-6-10-23(22)32-19/h2-13,19H,14-16H2,1H3,(H,26,28)/t19-/m1/s1. The van der Waals surface area contributed by atoms with E-state index in [1.807, 2.05) is 18.2 Å². The molecule has 3 aromatic rings. The fourth-order valence-electron chi connectivity index (χ4n) is 3.50. The summed E-state index contributed by atoms with van der Waals surface area (Å²) in [4.78, 5) is 12.9. The molecule has 0 unspecified atom stereocenters. The van der Waals surface area contributed by atoms with Crippen molar-refractivity contribution in [1.82, 2.24) is 5.32 Å². The summed E-state index contributed by atoms with van der Waals surface area (Å²) in [6.07, 6.45) is -0.389. The third kappa shape index (κ3) is 5.23. The number of carbonyl (C=O) groups excluding carboxylic acids is 1. The highest BCUT2D eigenvalue weighted by Crippen LogP contribution is 2.31. The summed E-state index contributed by atoms with van der Waals surface area (Å²) in [7, 11) is -3.99. The molecule has 0 aliphatic carbocycles. The Hall–Kier alpha value is -3.23. The molecule has 33 heavy (non-hydrogen) atoms. The van der Waals surface area contributed by atoms with Crippen molar-refractivity contribution < 1.29 is 22.7 Å². The molecule has 0 bridgehead atoms. The number of para-hydroxylation sites is 2. The van der Waals surface area contributed by atoms with Gasteiger partial charge in [0.1, 0.15) is 19.3 Å². The molecule has 9 heteroatoms. The third-order valence-electron chi connectivity index (χ3n) is 5.14. The molecule has 1 atom stereocenters. The number of hydrogen-bond donors (Lipinski definition) is 1. The van der Waals surface area contributed by atoms with E-state index in [1.165, 1.54) is 12.1 Å². The topological polar surface area (TPSA) is 84.9 Å². The Labute approximate surface area is 197 Å². The molecule has 1 aliphatic heterocycles. The van der Waals surface area contributed by atoms with Gasteiger partial charge >= 0.3 is 0 Å². The number of ether oxygens (including phenoxy) is 2. The molecule has 4 rings (SSSR count). The van der Waals surface area contributed by atoms with Crippen molar-refractivity contribution in [2.75, 3.05) is 24.0 Å². The molecule has 0 saturated carbocycles. The van der Waals surface area contributed by atoms with Crippen LogP contribution in [0.3, 0.4) is 0 Å². The van der Waals surface area contributed by atoms with E-state index in [9.17, 15) is 13.2 Å². The van der Waals surface area contributed by atoms with Crippen molar-refractivity contribution in [1.29, 1.82) is 0 Å². The molecule has 3 aromatic carbocycles. The summed E-state index contributed by atoms with van der Waals surface area (Å²) in [5, 5.41) is 3.24. The minimum absolute atomic E-state index is 0.0905. The smallest absolute Gasteiger partial charge is 0.264 e. The second-order valence-electron chi connectivity index (χ2n) is 7.56. The van der Waals surface area contributed by atoms with Crippen molar-refractivity contribution in [3.8, 4) is 11.5 Å². The summed E-state index contributed by atoms with van der Waals surface area (Å²) in [5.74, 6) is 0.790. The molecule has 0 radical (unpaired) electrons. The first kappa shape index (κ1) is 22.9. The molecule has 1 aliphatic rings. The summed E-state index contributed by atoms with van der Waals surface area (Å²) < 4.78 is 39.4. The van der Waals surface area contributed by atoms with Gasteiger partial charge in [0.2, 0.25) is 5.91 Å². The van der Waals surface area contributed by atoms with E-state index in [0.717, 1.165) is 4.31 Å². The molecule has 0 aromatic heterocycles. The minimum Gasteiger partial charge on any atom is -0.486 e. The molecule has 0 saturated heterocycles. The van der Waals surface area contributed by atoms with Crippen molar-refractivity contribution in [2.45, 2.75) is 17.9 Å². The van der Waals surface area contributed by atoms with Crippen molar-refractivity contribution in [2.24, 2.45) is 0 Å². The number of halogens is 1. The third-order valence-corrected chi connectivity index (χ3v) is 7.15. The Morgan fingerprint density at radius 2 is 1.76 bits per heavy atom. The average Bonchev–Trinajstić information content (AvgIpc) is 2.82. The predicted molar refractivity (Wildman–Crippen MR) is 127 cm³/mol. The lowest BCUT2D eigenvalue weighted by atomic mass is 10.2. The van der Waals surface area contributed by atoms with Crippen LogP contribution in [0.2, 0.25) is 5.02 Å². The SMILES string of the molecule is Cc1cc(Cl)ccc1N(CC(=O)NC[C@@H]1COc2ccccc2O1)S(=O)(=O)c1ccccc1. The number of sulfonamides is 1. The quantitative estimate of drug-likeness (QED) is 0.549. The number of benzene rings is 3. The number of carbonyl (C=O) groups is 1. The lowest BCUT2D eigenvalue weighted by Crippen LogP contribution is -2.45. The van der Waals surface area contributed by atoms with E-state index in [4.69, 9.17) is 21.1 Å². The van der Waals surface area contributed by atoms with Gasteiger partial charge in [-0.05, 0) is 55.0 Å². The maximum Gasteiger partial charge on any atom is 0.264 e. The molecule has 0 spiro atoms. The normalized spacial score (nSPS) is 15.0. The van der Waals surface area contributed by atoms with Gasteiger partial charge in [0.05, 0.1) is 17.1 Å². The number of rotatable bonds is 7. The number of fused-ring (bicyclic) bond motifs is 1. The van der Waals surface area contributed by atoms with Crippen LogP contribution in [0.5, 0.6) is 11.5 Å². The van der Waals surface area contributed by atoms with Crippen LogP contribution in [0, 0.1) is 6.92 Å². The fraction of sp³-hybridized carbons (Fsp3) is 0.208. The van der Waals surface area contributed by atoms with E-state index in [2.05, 4.69) is 5.32 Å². The lowest BCUT2D eigenvalue weighted by Gasteiger charge is -2.28. The number of nitrogens with zero attached hydrogens (tertiary/aromatic N) is 1. The highest BCUT2D eigenvalue weighted by molar-refractivity contribution is 7.92. The number of hydrogen-bond acceptors (Lipinski definition) is 5. The molecule has 0 fully saturated rings. The van der Waals surface area contributed by atoms with E-state index in [-0.39, 0.29) is 24.2 Å². The van der Waals surface area contributed by atoms with Gasteiger partial charge in [-0.25, -0.2) is 8.42 Å². The molecule has 1 amide bonds. The second kappa shape index (κ2) is 9.72. The highest BCUT2D eigenvalue weighted by atomic mass is 35.5. The molecular weight excluding hydrogens is 464 g/mol. The van der Waals surface area contributed by atoms with Crippen LogP contribution in [0.15, 0.2) is 77.7 Å². The molecule has 1 heterocycles. The Kier molecular flexibility index (Phi) is 6.76. The van der Waals surface area contributed by atoms with E-state index in [0.29, 0.717) is 27.8 Å². The van der Waals surface area contributed by atoms with Crippen LogP contribution in [0.1, 0.15) is 5.56 Å². The van der Waals surface area contributed by atoms with Gasteiger partial charge in [-0.1, -0.05) is 41.9 Å². The summed E-state index contributed by atoms with van der Waals surface area (Å²) in [6, 6.07) is 20.1. The van der Waals surface area contributed by atoms with E-state index < -0.39 is 22.5 Å². The summed E-state index contributed by atoms with van der Waals surface area (Å²) in [5.41, 5.74) is 1.01. The van der Waals surface area contributed by atoms with Gasteiger partial charge in [0, 0.05) is 5.02 Å². The Balaban J connectivity index is 1.51. The zero-order valence-electron chi connectivity index (χ0n) is 17.9. The van der Waals surface area contributed by atoms with Gasteiger partial charge in [-0.15, -0.1) is 0 Å². The van der Waals surface area contributed by atoms with E-state index >= 15 is 0 Å². The first-order valence-corrected chi connectivity index (χ1v) is 12.2. The number of anilines is 1. The Bertz CT molecular complexity index is 1250. The molecule has 7 nitrogen and oxygen atoms in total. The van der Waals surface area contributed by atoms with Crippen LogP contribution >= 0.6 is 11.6 Å². The van der Waals surface area contributed by atoms with Crippen LogP contribution in [-0.4, -0.2) is 40.1 Å². The fourth-order valence-corrected chi connectivity index (χ4v) is 5.23. The lowest BCUT2D eigenvalue weighted by molar-refractivity contribution is -0.120. The van der Waals surface area contributed by atoms with Crippen LogP contribution in [0.4, 0.5) is 5.69 Å². The minimum atomic E-state index is -3.99. The monoisotopic (exact) mass is 486 g/mol. The average molecular weight is 487 g/mol. The summed E-state index contributed by atoms with van der Waals surface area (Å²) >= 11 is 6.06. The Morgan fingerprint density at radius 3 is 2.48 bits per heavy atom. The first-order valence-electron chi connectivity index (χ1n) is 10.3. The van der Waals surface area contributed by atoms with Crippen LogP contribution in [0.25, 0.3) is 0 Å². The van der Waals surface area contributed by atoms with Gasteiger partial charge in [0.25, 0.3) is 10.0 Å². The number of nitrogens with one attached hydrogen (secondary N) is 1. The molecular formula is C24H23ClN2O5S. The predicted octanol–water partition coefficient (Wildman–Crippen LogP) is 3.80. The van der Waals surface area contributed by atoms with Crippen molar-refractivity contribution in [3.05, 3.63) is 83.4 Å². The summed E-state index contributed by atoms with van der Waals surface area (Å²) in [6.45, 7) is 1.80. The maximum atomic E-state index is 13.4.